The van der Waals surface area contributed by atoms with Crippen molar-refractivity contribution >= 4 is 5.91 Å². The van der Waals surface area contributed by atoms with Gasteiger partial charge in [-0.3, -0.25) is 4.79 Å². The zero-order chi connectivity index (χ0) is 12.1. The molecule has 1 aliphatic heterocycles. The second-order valence-corrected chi connectivity index (χ2v) is 5.46. The largest absolute Gasteiger partial charge is 0.345 e. The van der Waals surface area contributed by atoms with Gasteiger partial charge in [-0.25, -0.2) is 0 Å². The van der Waals surface area contributed by atoms with Crippen molar-refractivity contribution in [3.05, 3.63) is 0 Å². The van der Waals surface area contributed by atoms with Crippen LogP contribution in [0, 0.1) is 17.8 Å². The molecule has 0 spiro atoms. The van der Waals surface area contributed by atoms with Crippen molar-refractivity contribution in [2.75, 3.05) is 26.7 Å². The van der Waals surface area contributed by atoms with Gasteiger partial charge >= 0.3 is 0 Å². The molecule has 94 valence electrons. The molecule has 0 aromatic rings. The van der Waals surface area contributed by atoms with Crippen molar-refractivity contribution < 1.29 is 4.79 Å². The van der Waals surface area contributed by atoms with Crippen LogP contribution in [0.5, 0.6) is 0 Å². The molecule has 3 nitrogen and oxygen atoms in total. The fourth-order valence-corrected chi connectivity index (χ4v) is 2.19. The van der Waals surface area contributed by atoms with Gasteiger partial charge in [0.15, 0.2) is 0 Å². The summed E-state index contributed by atoms with van der Waals surface area (Å²) in [6, 6.07) is 0. The summed E-state index contributed by atoms with van der Waals surface area (Å²) in [6.45, 7) is 9.35. The molecule has 1 N–H and O–H groups in total. The maximum atomic E-state index is 12.1. The van der Waals surface area contributed by atoms with Gasteiger partial charge in [-0.15, -0.1) is 0 Å². The molecule has 1 amide bonds. The number of nitrogens with one attached hydrogen (secondary N) is 1. The van der Waals surface area contributed by atoms with E-state index in [1.54, 1.807) is 0 Å². The summed E-state index contributed by atoms with van der Waals surface area (Å²) in [5, 5.41) is 3.39. The number of carbonyl (C=O) groups excluding carboxylic acids is 1. The van der Waals surface area contributed by atoms with Crippen LogP contribution in [0.15, 0.2) is 0 Å². The Morgan fingerprint density at radius 1 is 1.44 bits per heavy atom. The molecule has 3 heteroatoms. The third-order valence-electron chi connectivity index (χ3n) is 3.70. The minimum Gasteiger partial charge on any atom is -0.345 e. The number of hydrogen-bond donors (Lipinski definition) is 1. The number of carbonyl (C=O) groups is 1. The highest BCUT2D eigenvalue weighted by Crippen LogP contribution is 2.16. The quantitative estimate of drug-likeness (QED) is 0.792. The van der Waals surface area contributed by atoms with Gasteiger partial charge in [0.05, 0.1) is 0 Å². The highest BCUT2D eigenvalue weighted by Gasteiger charge is 2.23. The van der Waals surface area contributed by atoms with Gasteiger partial charge in [0.2, 0.25) is 5.91 Å². The second kappa shape index (κ2) is 6.24. The number of nitrogens with zero attached hydrogens (tertiary/aromatic N) is 1. The lowest BCUT2D eigenvalue weighted by Gasteiger charge is -2.30. The molecule has 1 aliphatic rings. The number of piperidine rings is 1. The predicted molar refractivity (Wildman–Crippen MR) is 67.2 cm³/mol. The second-order valence-electron chi connectivity index (χ2n) is 5.46. The fraction of sp³-hybridized carbons (Fsp3) is 0.923. The maximum absolute atomic E-state index is 12.1. The topological polar surface area (TPSA) is 32.3 Å². The van der Waals surface area contributed by atoms with Gasteiger partial charge < -0.3 is 10.2 Å². The van der Waals surface area contributed by atoms with Crippen molar-refractivity contribution in [2.45, 2.75) is 33.6 Å². The van der Waals surface area contributed by atoms with Crippen LogP contribution in [0.4, 0.5) is 0 Å². The van der Waals surface area contributed by atoms with Crippen LogP contribution in [-0.2, 0) is 4.79 Å². The summed E-state index contributed by atoms with van der Waals surface area (Å²) in [7, 11) is 1.94. The smallest absolute Gasteiger partial charge is 0.225 e. The van der Waals surface area contributed by atoms with Crippen LogP contribution < -0.4 is 5.32 Å². The fourth-order valence-electron chi connectivity index (χ4n) is 2.19. The van der Waals surface area contributed by atoms with Crippen LogP contribution in [0.25, 0.3) is 0 Å². The highest BCUT2D eigenvalue weighted by molar-refractivity contribution is 5.78. The molecule has 1 saturated heterocycles. The first kappa shape index (κ1) is 13.5. The van der Waals surface area contributed by atoms with Crippen molar-refractivity contribution in [3.8, 4) is 0 Å². The van der Waals surface area contributed by atoms with Gasteiger partial charge in [-0.05, 0) is 37.8 Å². The summed E-state index contributed by atoms with van der Waals surface area (Å²) < 4.78 is 0. The summed E-state index contributed by atoms with van der Waals surface area (Å²) in [5.41, 5.74) is 0. The van der Waals surface area contributed by atoms with E-state index in [1.807, 2.05) is 18.9 Å². The average molecular weight is 226 g/mol. The van der Waals surface area contributed by atoms with E-state index >= 15 is 0 Å². The maximum Gasteiger partial charge on any atom is 0.225 e. The first-order chi connectivity index (χ1) is 7.52. The van der Waals surface area contributed by atoms with Crippen LogP contribution in [-0.4, -0.2) is 37.5 Å². The lowest BCUT2D eigenvalue weighted by molar-refractivity contribution is -0.135. The molecule has 1 heterocycles. The van der Waals surface area contributed by atoms with Crippen LogP contribution in [0.2, 0.25) is 0 Å². The van der Waals surface area contributed by atoms with Gasteiger partial charge in [0, 0.05) is 19.5 Å². The third-order valence-corrected chi connectivity index (χ3v) is 3.70. The van der Waals surface area contributed by atoms with Crippen molar-refractivity contribution in [1.29, 1.82) is 0 Å². The van der Waals surface area contributed by atoms with Gasteiger partial charge in [-0.1, -0.05) is 20.8 Å². The Kier molecular flexibility index (Phi) is 5.26. The minimum absolute atomic E-state index is 0.140. The van der Waals surface area contributed by atoms with Crippen molar-refractivity contribution in [1.82, 2.24) is 10.2 Å². The molecule has 0 saturated carbocycles. The first-order valence-electron chi connectivity index (χ1n) is 6.48. The Morgan fingerprint density at radius 3 is 2.62 bits per heavy atom. The van der Waals surface area contributed by atoms with E-state index in [4.69, 9.17) is 0 Å². The van der Waals surface area contributed by atoms with Crippen molar-refractivity contribution in [3.63, 3.8) is 0 Å². The number of rotatable bonds is 4. The zero-order valence-electron chi connectivity index (χ0n) is 11.1. The van der Waals surface area contributed by atoms with Crippen LogP contribution in [0.3, 0.4) is 0 Å². The number of hydrogen-bond acceptors (Lipinski definition) is 2. The zero-order valence-corrected chi connectivity index (χ0v) is 11.1. The SMILES string of the molecule is CC(C)C(C)C(=O)N(C)CC1CCCNC1. The molecule has 0 aliphatic carbocycles. The van der Waals surface area contributed by atoms with E-state index in [-0.39, 0.29) is 5.92 Å². The summed E-state index contributed by atoms with van der Waals surface area (Å²) in [4.78, 5) is 14.0. The molecule has 0 aromatic heterocycles. The van der Waals surface area contributed by atoms with Gasteiger partial charge in [-0.2, -0.15) is 0 Å². The Balaban J connectivity index is 2.38. The minimum atomic E-state index is 0.140. The number of amides is 1. The van der Waals surface area contributed by atoms with E-state index in [2.05, 4.69) is 19.2 Å². The molecular formula is C13H26N2O. The third kappa shape index (κ3) is 3.78. The average Bonchev–Trinajstić information content (AvgIpc) is 2.28. The van der Waals surface area contributed by atoms with Gasteiger partial charge in [0.25, 0.3) is 0 Å². The monoisotopic (exact) mass is 226 g/mol. The molecule has 1 rings (SSSR count). The standard InChI is InChI=1S/C13H26N2O/c1-10(2)11(3)13(16)15(4)9-12-6-5-7-14-8-12/h10-12,14H,5-9H2,1-4H3. The molecule has 0 aromatic carbocycles. The van der Waals surface area contributed by atoms with E-state index < -0.39 is 0 Å². The van der Waals surface area contributed by atoms with E-state index in [0.717, 1.165) is 19.6 Å². The van der Waals surface area contributed by atoms with E-state index in [9.17, 15) is 4.79 Å². The normalized spacial score (nSPS) is 23.2. The summed E-state index contributed by atoms with van der Waals surface area (Å²) in [6.07, 6.45) is 2.49. The molecular weight excluding hydrogens is 200 g/mol. The molecule has 0 bridgehead atoms. The lowest BCUT2D eigenvalue weighted by Crippen LogP contribution is -2.41. The Labute approximate surface area is 99.6 Å². The molecule has 0 radical (unpaired) electrons. The lowest BCUT2D eigenvalue weighted by atomic mass is 9.95. The van der Waals surface area contributed by atoms with Crippen LogP contribution in [0.1, 0.15) is 33.6 Å². The van der Waals surface area contributed by atoms with Crippen LogP contribution >= 0.6 is 0 Å². The van der Waals surface area contributed by atoms with E-state index in [1.165, 1.54) is 12.8 Å². The van der Waals surface area contributed by atoms with Gasteiger partial charge in [0.1, 0.15) is 0 Å². The molecule has 1 fully saturated rings. The Hall–Kier alpha value is -0.570. The highest BCUT2D eigenvalue weighted by atomic mass is 16.2. The summed E-state index contributed by atoms with van der Waals surface area (Å²) in [5.74, 6) is 1.50. The molecule has 16 heavy (non-hydrogen) atoms. The van der Waals surface area contributed by atoms with E-state index in [0.29, 0.717) is 17.7 Å². The molecule has 2 atom stereocenters. The first-order valence-corrected chi connectivity index (χ1v) is 6.48. The molecule has 2 unspecified atom stereocenters. The predicted octanol–water partition coefficient (Wildman–Crippen LogP) is 1.74. The Bertz CT molecular complexity index is 222. The summed E-state index contributed by atoms with van der Waals surface area (Å²) >= 11 is 0. The Morgan fingerprint density at radius 2 is 2.12 bits per heavy atom. The van der Waals surface area contributed by atoms with Crippen molar-refractivity contribution in [2.24, 2.45) is 17.8 Å².